The third-order valence-corrected chi connectivity index (χ3v) is 5.26. The zero-order chi connectivity index (χ0) is 21.6. The highest BCUT2D eigenvalue weighted by Crippen LogP contribution is 2.21. The Kier molecular flexibility index (Phi) is 7.39. The van der Waals surface area contributed by atoms with Crippen molar-refractivity contribution in [2.45, 2.75) is 39.1 Å². The molecular weight excluding hydrogens is 392 g/mol. The molecule has 0 radical (unpaired) electrons. The zero-order valence-corrected chi connectivity index (χ0v) is 17.8. The van der Waals surface area contributed by atoms with Gasteiger partial charge in [0.15, 0.2) is 0 Å². The topological polar surface area (TPSA) is 92.8 Å². The number of amides is 2. The predicted molar refractivity (Wildman–Crippen MR) is 111 cm³/mol. The fraction of sp³-hybridized carbons (Fsp3) is 0.333. The lowest BCUT2D eigenvalue weighted by molar-refractivity contribution is -0.130. The van der Waals surface area contributed by atoms with Crippen LogP contribution in [0.3, 0.4) is 0 Å². The minimum absolute atomic E-state index is 0.00989. The second-order valence-corrected chi connectivity index (χ2v) is 8.73. The zero-order valence-electron chi connectivity index (χ0n) is 17.0. The molecule has 2 aromatic carbocycles. The Hall–Kier alpha value is -2.87. The van der Waals surface area contributed by atoms with E-state index in [2.05, 4.69) is 5.32 Å². The normalized spacial score (nSPS) is 11.2. The van der Waals surface area contributed by atoms with Crippen LogP contribution in [0, 0.1) is 5.92 Å². The van der Waals surface area contributed by atoms with E-state index in [1.54, 1.807) is 29.2 Å². The summed E-state index contributed by atoms with van der Waals surface area (Å²) >= 11 is 0. The van der Waals surface area contributed by atoms with Crippen LogP contribution in [0.1, 0.15) is 33.3 Å². The molecule has 2 amide bonds. The predicted octanol–water partition coefficient (Wildman–Crippen LogP) is 3.42. The van der Waals surface area contributed by atoms with Crippen LogP contribution >= 0.6 is 0 Å². The van der Waals surface area contributed by atoms with Gasteiger partial charge in [-0.25, -0.2) is 0 Å². The monoisotopic (exact) mass is 418 g/mol. The average Bonchev–Trinajstić information content (AvgIpc) is 2.62. The van der Waals surface area contributed by atoms with Crippen molar-refractivity contribution >= 4 is 27.6 Å². The molecule has 0 aliphatic rings. The molecule has 0 unspecified atom stereocenters. The highest BCUT2D eigenvalue weighted by Gasteiger charge is 2.17. The molecule has 1 N–H and O–H groups in total. The first kappa shape index (κ1) is 22.4. The first-order valence-electron chi connectivity index (χ1n) is 9.23. The number of benzene rings is 2. The molecule has 8 heteroatoms. The van der Waals surface area contributed by atoms with Crippen LogP contribution in [0.2, 0.25) is 0 Å². The number of rotatable bonds is 8. The van der Waals surface area contributed by atoms with E-state index in [1.807, 2.05) is 13.8 Å². The second-order valence-electron chi connectivity index (χ2n) is 7.18. The van der Waals surface area contributed by atoms with Crippen molar-refractivity contribution in [2.75, 3.05) is 11.9 Å². The molecule has 0 fully saturated rings. The smallest absolute Gasteiger partial charge is 0.339 e. The summed E-state index contributed by atoms with van der Waals surface area (Å²) in [6, 6.07) is 12.3. The van der Waals surface area contributed by atoms with Crippen LogP contribution in [-0.2, 0) is 26.3 Å². The summed E-state index contributed by atoms with van der Waals surface area (Å²) in [6.45, 7) is 8.09. The lowest BCUT2D eigenvalue weighted by Crippen LogP contribution is -2.31. The van der Waals surface area contributed by atoms with Gasteiger partial charge in [-0.3, -0.25) is 9.59 Å². The maximum atomic E-state index is 12.4. The van der Waals surface area contributed by atoms with Gasteiger partial charge < -0.3 is 14.4 Å². The highest BCUT2D eigenvalue weighted by atomic mass is 32.2. The fourth-order valence-corrected chi connectivity index (χ4v) is 3.63. The van der Waals surface area contributed by atoms with E-state index in [0.29, 0.717) is 24.7 Å². The first-order valence-corrected chi connectivity index (χ1v) is 10.6. The standard InChI is InChI=1S/C21H26N2O5S/c1-15(2)13-23(17(4)25)14-18-5-9-20(10-6-18)28-29(26,27)21-11-7-19(8-12-21)22-16(3)24/h5-12,15H,13-14H2,1-4H3,(H,22,24). The molecule has 2 aromatic rings. The van der Waals surface area contributed by atoms with Crippen molar-refractivity contribution in [1.82, 2.24) is 4.90 Å². The molecule has 0 spiro atoms. The third-order valence-electron chi connectivity index (χ3n) is 4.00. The molecule has 0 bridgehead atoms. The lowest BCUT2D eigenvalue weighted by Gasteiger charge is -2.23. The van der Waals surface area contributed by atoms with Crippen LogP contribution in [0.25, 0.3) is 0 Å². The fourth-order valence-electron chi connectivity index (χ4n) is 2.70. The summed E-state index contributed by atoms with van der Waals surface area (Å²) < 4.78 is 30.1. The number of carbonyl (C=O) groups is 2. The van der Waals surface area contributed by atoms with E-state index >= 15 is 0 Å². The quantitative estimate of drug-likeness (QED) is 0.663. The van der Waals surface area contributed by atoms with E-state index in [0.717, 1.165) is 5.56 Å². The Balaban J connectivity index is 2.07. The molecule has 0 aromatic heterocycles. The van der Waals surface area contributed by atoms with Gasteiger partial charge in [-0.15, -0.1) is 0 Å². The summed E-state index contributed by atoms with van der Waals surface area (Å²) in [5, 5.41) is 2.57. The van der Waals surface area contributed by atoms with Gasteiger partial charge in [0.1, 0.15) is 10.6 Å². The number of anilines is 1. The Labute approximate surface area is 171 Å². The lowest BCUT2D eigenvalue weighted by atomic mass is 10.1. The molecule has 0 heterocycles. The van der Waals surface area contributed by atoms with Gasteiger partial charge in [-0.2, -0.15) is 8.42 Å². The van der Waals surface area contributed by atoms with Crippen molar-refractivity contribution in [3.8, 4) is 5.75 Å². The molecule has 29 heavy (non-hydrogen) atoms. The Morgan fingerprint density at radius 3 is 2.07 bits per heavy atom. The highest BCUT2D eigenvalue weighted by molar-refractivity contribution is 7.87. The molecule has 156 valence electrons. The molecule has 0 atom stereocenters. The van der Waals surface area contributed by atoms with E-state index < -0.39 is 10.1 Å². The van der Waals surface area contributed by atoms with Crippen molar-refractivity contribution in [3.05, 3.63) is 54.1 Å². The molecule has 2 rings (SSSR count). The summed E-state index contributed by atoms with van der Waals surface area (Å²) in [7, 11) is -4.00. The summed E-state index contributed by atoms with van der Waals surface area (Å²) in [6.07, 6.45) is 0. The molecular formula is C21H26N2O5S. The van der Waals surface area contributed by atoms with Crippen molar-refractivity contribution in [2.24, 2.45) is 5.92 Å². The van der Waals surface area contributed by atoms with Gasteiger partial charge in [-0.05, 0) is 47.9 Å². The maximum absolute atomic E-state index is 12.4. The molecule has 0 saturated carbocycles. The van der Waals surface area contributed by atoms with Crippen LogP contribution in [0.5, 0.6) is 5.75 Å². The summed E-state index contributed by atoms with van der Waals surface area (Å²) in [5.41, 5.74) is 1.38. The molecule has 7 nitrogen and oxygen atoms in total. The number of hydrogen-bond acceptors (Lipinski definition) is 5. The Morgan fingerprint density at radius 2 is 1.59 bits per heavy atom. The van der Waals surface area contributed by atoms with Crippen molar-refractivity contribution in [1.29, 1.82) is 0 Å². The number of nitrogens with zero attached hydrogens (tertiary/aromatic N) is 1. The number of carbonyl (C=O) groups excluding carboxylic acids is 2. The van der Waals surface area contributed by atoms with Crippen LogP contribution in [0.4, 0.5) is 5.69 Å². The minimum Gasteiger partial charge on any atom is -0.379 e. The third kappa shape index (κ3) is 6.90. The summed E-state index contributed by atoms with van der Waals surface area (Å²) in [5.74, 6) is 0.277. The summed E-state index contributed by atoms with van der Waals surface area (Å²) in [4.78, 5) is 24.5. The molecule has 0 aliphatic heterocycles. The van der Waals surface area contributed by atoms with Crippen LogP contribution in [-0.4, -0.2) is 31.7 Å². The Bertz CT molecular complexity index is 952. The van der Waals surface area contributed by atoms with Crippen LogP contribution in [0.15, 0.2) is 53.4 Å². The maximum Gasteiger partial charge on any atom is 0.339 e. The molecule has 0 saturated heterocycles. The van der Waals surface area contributed by atoms with E-state index in [1.165, 1.54) is 38.1 Å². The largest absolute Gasteiger partial charge is 0.379 e. The SMILES string of the molecule is CC(=O)Nc1ccc(S(=O)(=O)Oc2ccc(CN(CC(C)C)C(C)=O)cc2)cc1. The minimum atomic E-state index is -4.00. The van der Waals surface area contributed by atoms with Gasteiger partial charge in [0.2, 0.25) is 11.8 Å². The van der Waals surface area contributed by atoms with Gasteiger partial charge in [0, 0.05) is 32.6 Å². The number of hydrogen-bond donors (Lipinski definition) is 1. The van der Waals surface area contributed by atoms with Gasteiger partial charge in [0.05, 0.1) is 0 Å². The van der Waals surface area contributed by atoms with E-state index in [4.69, 9.17) is 4.18 Å². The molecule has 0 aliphatic carbocycles. The van der Waals surface area contributed by atoms with Crippen molar-refractivity contribution < 1.29 is 22.2 Å². The first-order chi connectivity index (χ1) is 13.6. The van der Waals surface area contributed by atoms with Crippen molar-refractivity contribution in [3.63, 3.8) is 0 Å². The Morgan fingerprint density at radius 1 is 1.00 bits per heavy atom. The average molecular weight is 419 g/mol. The van der Waals surface area contributed by atoms with Gasteiger partial charge in [-0.1, -0.05) is 26.0 Å². The van der Waals surface area contributed by atoms with Gasteiger partial charge in [0.25, 0.3) is 0 Å². The van der Waals surface area contributed by atoms with E-state index in [-0.39, 0.29) is 22.5 Å². The second kappa shape index (κ2) is 9.56. The van der Waals surface area contributed by atoms with Gasteiger partial charge >= 0.3 is 10.1 Å². The number of nitrogens with one attached hydrogen (secondary N) is 1. The van der Waals surface area contributed by atoms with Crippen LogP contribution < -0.4 is 9.50 Å². The van der Waals surface area contributed by atoms with E-state index in [9.17, 15) is 18.0 Å².